The van der Waals surface area contributed by atoms with Crippen LogP contribution in [0.2, 0.25) is 0 Å². The molecular formula is C19H26IN3O3S. The third kappa shape index (κ3) is 7.02. The number of ether oxygens (including phenoxy) is 1. The highest BCUT2D eigenvalue weighted by atomic mass is 127. The summed E-state index contributed by atoms with van der Waals surface area (Å²) >= 11 is 0. The van der Waals surface area contributed by atoms with Crippen molar-refractivity contribution in [1.82, 2.24) is 10.2 Å². The van der Waals surface area contributed by atoms with E-state index in [1.165, 1.54) is 6.26 Å². The first-order chi connectivity index (χ1) is 12.3. The Balaban J connectivity index is 0.00000364. The Bertz CT molecular complexity index is 851. The minimum atomic E-state index is -3.17. The number of sulfone groups is 1. The first kappa shape index (κ1) is 23.2. The maximum Gasteiger partial charge on any atom is 0.193 e. The van der Waals surface area contributed by atoms with E-state index in [9.17, 15) is 8.42 Å². The molecule has 148 valence electrons. The minimum Gasteiger partial charge on any atom is -0.497 e. The topological polar surface area (TPSA) is 71.0 Å². The van der Waals surface area contributed by atoms with Crippen molar-refractivity contribution in [2.45, 2.75) is 18.0 Å². The second kappa shape index (κ2) is 10.5. The first-order valence-electron chi connectivity index (χ1n) is 8.17. The zero-order valence-corrected chi connectivity index (χ0v) is 19.1. The van der Waals surface area contributed by atoms with Crippen LogP contribution >= 0.6 is 24.0 Å². The summed E-state index contributed by atoms with van der Waals surface area (Å²) in [5.74, 6) is 1.59. The molecule has 2 aromatic carbocycles. The SMILES string of the molecule is CN=C(NCc1ccc(S(C)(=O)=O)cc1)N(C)Cc1ccc(OC)cc1.I. The van der Waals surface area contributed by atoms with Crippen molar-refractivity contribution in [1.29, 1.82) is 0 Å². The number of nitrogens with zero attached hydrogens (tertiary/aromatic N) is 2. The van der Waals surface area contributed by atoms with Gasteiger partial charge in [-0.15, -0.1) is 24.0 Å². The second-order valence-corrected chi connectivity index (χ2v) is 8.04. The van der Waals surface area contributed by atoms with Gasteiger partial charge in [0.05, 0.1) is 12.0 Å². The van der Waals surface area contributed by atoms with Crippen LogP contribution in [0.25, 0.3) is 0 Å². The van der Waals surface area contributed by atoms with E-state index in [1.807, 2.05) is 36.2 Å². The van der Waals surface area contributed by atoms with Gasteiger partial charge >= 0.3 is 0 Å². The van der Waals surface area contributed by atoms with Crippen LogP contribution in [0.3, 0.4) is 0 Å². The smallest absolute Gasteiger partial charge is 0.193 e. The number of benzene rings is 2. The van der Waals surface area contributed by atoms with Crippen molar-refractivity contribution in [2.75, 3.05) is 27.5 Å². The number of hydrogen-bond donors (Lipinski definition) is 1. The molecule has 1 N–H and O–H groups in total. The van der Waals surface area contributed by atoms with Crippen molar-refractivity contribution in [3.8, 4) is 5.75 Å². The molecule has 27 heavy (non-hydrogen) atoms. The standard InChI is InChI=1S/C19H25N3O3S.HI/c1-20-19(22(2)14-16-5-9-17(25-3)10-6-16)21-13-15-7-11-18(12-8-15)26(4,23)24;/h5-12H,13-14H2,1-4H3,(H,20,21);1H. The fourth-order valence-corrected chi connectivity index (χ4v) is 3.13. The summed E-state index contributed by atoms with van der Waals surface area (Å²) in [6, 6.07) is 14.8. The monoisotopic (exact) mass is 503 g/mol. The lowest BCUT2D eigenvalue weighted by Gasteiger charge is -2.22. The highest BCUT2D eigenvalue weighted by Crippen LogP contribution is 2.13. The average molecular weight is 503 g/mol. The molecule has 0 bridgehead atoms. The van der Waals surface area contributed by atoms with Crippen molar-refractivity contribution < 1.29 is 13.2 Å². The van der Waals surface area contributed by atoms with Crippen molar-refractivity contribution in [3.63, 3.8) is 0 Å². The van der Waals surface area contributed by atoms with Gasteiger partial charge in [-0.1, -0.05) is 24.3 Å². The molecule has 0 heterocycles. The fraction of sp³-hybridized carbons (Fsp3) is 0.316. The van der Waals surface area contributed by atoms with E-state index >= 15 is 0 Å². The Morgan fingerprint density at radius 1 is 1.07 bits per heavy atom. The van der Waals surface area contributed by atoms with Gasteiger partial charge in [0.15, 0.2) is 15.8 Å². The Kier molecular flexibility index (Phi) is 9.04. The van der Waals surface area contributed by atoms with Crippen LogP contribution in [0.5, 0.6) is 5.75 Å². The molecule has 6 nitrogen and oxygen atoms in total. The molecule has 0 unspecified atom stereocenters. The highest BCUT2D eigenvalue weighted by molar-refractivity contribution is 14.0. The Hall–Kier alpha value is -1.81. The van der Waals surface area contributed by atoms with Gasteiger partial charge < -0.3 is 15.0 Å². The molecule has 0 aliphatic rings. The fourth-order valence-electron chi connectivity index (χ4n) is 2.50. The largest absolute Gasteiger partial charge is 0.497 e. The molecule has 2 rings (SSSR count). The van der Waals surface area contributed by atoms with Crippen LogP contribution in [-0.4, -0.2) is 46.7 Å². The van der Waals surface area contributed by atoms with Gasteiger partial charge in [-0.2, -0.15) is 0 Å². The predicted octanol–water partition coefficient (Wildman–Crippen LogP) is 2.92. The lowest BCUT2D eigenvalue weighted by atomic mass is 10.2. The number of guanidine groups is 1. The quantitative estimate of drug-likeness (QED) is 0.373. The Morgan fingerprint density at radius 3 is 2.11 bits per heavy atom. The van der Waals surface area contributed by atoms with Crippen LogP contribution in [0.4, 0.5) is 0 Å². The third-order valence-corrected chi connectivity index (χ3v) is 5.08. The van der Waals surface area contributed by atoms with Gasteiger partial charge in [-0.3, -0.25) is 4.99 Å². The summed E-state index contributed by atoms with van der Waals surface area (Å²) in [7, 11) is 2.18. The minimum absolute atomic E-state index is 0. The average Bonchev–Trinajstić information content (AvgIpc) is 2.62. The zero-order valence-electron chi connectivity index (χ0n) is 16.0. The number of methoxy groups -OCH3 is 1. The lowest BCUT2D eigenvalue weighted by molar-refractivity contribution is 0.414. The van der Waals surface area contributed by atoms with Crippen LogP contribution in [0, 0.1) is 0 Å². The zero-order chi connectivity index (χ0) is 19.2. The van der Waals surface area contributed by atoms with Gasteiger partial charge in [0.1, 0.15) is 5.75 Å². The van der Waals surface area contributed by atoms with Crippen molar-refractivity contribution >= 4 is 39.8 Å². The van der Waals surface area contributed by atoms with Crippen molar-refractivity contribution in [3.05, 3.63) is 59.7 Å². The maximum absolute atomic E-state index is 11.5. The Labute approximate surface area is 178 Å². The number of rotatable bonds is 6. The van der Waals surface area contributed by atoms with E-state index in [0.717, 1.165) is 22.8 Å². The molecule has 0 spiro atoms. The summed E-state index contributed by atoms with van der Waals surface area (Å²) in [4.78, 5) is 6.64. The third-order valence-electron chi connectivity index (χ3n) is 3.95. The number of hydrogen-bond acceptors (Lipinski definition) is 4. The molecule has 0 atom stereocenters. The summed E-state index contributed by atoms with van der Waals surface area (Å²) in [6.45, 7) is 1.26. The van der Waals surface area contributed by atoms with E-state index in [4.69, 9.17) is 4.74 Å². The summed E-state index contributed by atoms with van der Waals surface area (Å²) in [6.07, 6.45) is 1.20. The Morgan fingerprint density at radius 2 is 1.63 bits per heavy atom. The molecule has 0 saturated carbocycles. The summed E-state index contributed by atoms with van der Waals surface area (Å²) in [5.41, 5.74) is 2.13. The summed E-state index contributed by atoms with van der Waals surface area (Å²) < 4.78 is 28.2. The van der Waals surface area contributed by atoms with E-state index in [0.29, 0.717) is 18.0 Å². The van der Waals surface area contributed by atoms with E-state index in [2.05, 4.69) is 10.3 Å². The number of aliphatic imine (C=N–C) groups is 1. The second-order valence-electron chi connectivity index (χ2n) is 6.02. The molecule has 0 aromatic heterocycles. The molecule has 8 heteroatoms. The highest BCUT2D eigenvalue weighted by Gasteiger charge is 2.09. The molecule has 2 aromatic rings. The van der Waals surface area contributed by atoms with E-state index in [1.54, 1.807) is 38.4 Å². The molecule has 0 aliphatic heterocycles. The van der Waals surface area contributed by atoms with E-state index < -0.39 is 9.84 Å². The van der Waals surface area contributed by atoms with Gasteiger partial charge in [-0.05, 0) is 35.4 Å². The molecule has 0 fully saturated rings. The van der Waals surface area contributed by atoms with Crippen LogP contribution in [0.15, 0.2) is 58.4 Å². The summed E-state index contributed by atoms with van der Waals surface area (Å²) in [5, 5.41) is 3.29. The van der Waals surface area contributed by atoms with Crippen LogP contribution < -0.4 is 10.1 Å². The van der Waals surface area contributed by atoms with Crippen molar-refractivity contribution in [2.24, 2.45) is 4.99 Å². The maximum atomic E-state index is 11.5. The van der Waals surface area contributed by atoms with Gasteiger partial charge in [-0.25, -0.2) is 8.42 Å². The molecule has 0 amide bonds. The van der Waals surface area contributed by atoms with Crippen LogP contribution in [0.1, 0.15) is 11.1 Å². The molecule has 0 aliphatic carbocycles. The first-order valence-corrected chi connectivity index (χ1v) is 10.1. The molecular weight excluding hydrogens is 477 g/mol. The number of nitrogens with one attached hydrogen (secondary N) is 1. The van der Waals surface area contributed by atoms with E-state index in [-0.39, 0.29) is 24.0 Å². The molecule has 0 radical (unpaired) electrons. The van der Waals surface area contributed by atoms with Gasteiger partial charge in [0.2, 0.25) is 0 Å². The number of halogens is 1. The van der Waals surface area contributed by atoms with Crippen LogP contribution in [-0.2, 0) is 22.9 Å². The normalized spacial score (nSPS) is 11.5. The van der Waals surface area contributed by atoms with Gasteiger partial charge in [0, 0.05) is 33.4 Å². The lowest BCUT2D eigenvalue weighted by Crippen LogP contribution is -2.38. The molecule has 0 saturated heterocycles. The van der Waals surface area contributed by atoms with Gasteiger partial charge in [0.25, 0.3) is 0 Å². The predicted molar refractivity (Wildman–Crippen MR) is 120 cm³/mol.